The van der Waals surface area contributed by atoms with E-state index in [2.05, 4.69) is 43.0 Å². The number of benzene rings is 3. The average molecular weight is 565 g/mol. The van der Waals surface area contributed by atoms with Crippen molar-refractivity contribution < 1.29 is 9.53 Å². The lowest BCUT2D eigenvalue weighted by atomic mass is 10.00. The maximum Gasteiger partial charge on any atom is 0.251 e. The fourth-order valence-electron chi connectivity index (χ4n) is 5.22. The molecule has 1 unspecified atom stereocenters. The number of likely N-dealkylation sites (N-methyl/N-ethyl adjacent to an activating group) is 1. The molecule has 0 radical (unpaired) electrons. The van der Waals surface area contributed by atoms with E-state index in [9.17, 15) is 4.79 Å². The van der Waals surface area contributed by atoms with Gasteiger partial charge in [-0.25, -0.2) is 9.97 Å². The number of unbranched alkanes of at least 4 members (excludes halogenated alkanes) is 3. The van der Waals surface area contributed by atoms with E-state index < -0.39 is 0 Å². The van der Waals surface area contributed by atoms with Crippen molar-refractivity contribution in [3.8, 4) is 0 Å². The van der Waals surface area contributed by atoms with Crippen molar-refractivity contribution in [2.24, 2.45) is 0 Å². The van der Waals surface area contributed by atoms with E-state index in [4.69, 9.17) is 10.5 Å². The van der Waals surface area contributed by atoms with Crippen LogP contribution in [0.5, 0.6) is 0 Å². The number of nitrogens with two attached hydrogens (primary N) is 1. The van der Waals surface area contributed by atoms with Gasteiger partial charge in [0.25, 0.3) is 5.91 Å². The number of hydrogen-bond acceptors (Lipinski definition) is 6. The zero-order chi connectivity index (χ0) is 29.3. The normalized spacial score (nSPS) is 12.3. The van der Waals surface area contributed by atoms with Crippen LogP contribution in [0.4, 0.5) is 5.82 Å². The molecular weight excluding hydrogens is 524 g/mol. The van der Waals surface area contributed by atoms with Gasteiger partial charge in [-0.1, -0.05) is 73.5 Å². The van der Waals surface area contributed by atoms with E-state index in [1.165, 1.54) is 0 Å². The lowest BCUT2D eigenvalue weighted by Crippen LogP contribution is -2.24. The first-order valence-corrected chi connectivity index (χ1v) is 14.7. The molecule has 2 aromatic heterocycles. The summed E-state index contributed by atoms with van der Waals surface area (Å²) in [6.07, 6.45) is 5.76. The van der Waals surface area contributed by atoms with Crippen LogP contribution >= 0.6 is 0 Å². The van der Waals surface area contributed by atoms with Crippen molar-refractivity contribution in [2.75, 3.05) is 39.5 Å². The molecule has 3 N–H and O–H groups in total. The predicted molar refractivity (Wildman–Crippen MR) is 169 cm³/mol. The van der Waals surface area contributed by atoms with E-state index in [-0.39, 0.29) is 12.0 Å². The third kappa shape index (κ3) is 7.13. The molecule has 42 heavy (non-hydrogen) atoms. The van der Waals surface area contributed by atoms with Crippen molar-refractivity contribution in [3.63, 3.8) is 0 Å². The Morgan fingerprint density at radius 3 is 2.43 bits per heavy atom. The number of para-hydroxylation sites is 1. The second kappa shape index (κ2) is 14.1. The largest absolute Gasteiger partial charge is 0.382 e. The van der Waals surface area contributed by atoms with Crippen LogP contribution in [0.3, 0.4) is 0 Å². The van der Waals surface area contributed by atoms with Crippen LogP contribution in [0.1, 0.15) is 53.3 Å². The Morgan fingerprint density at radius 2 is 1.64 bits per heavy atom. The van der Waals surface area contributed by atoms with Gasteiger partial charge in [-0.2, -0.15) is 0 Å². The summed E-state index contributed by atoms with van der Waals surface area (Å²) >= 11 is 0. The lowest BCUT2D eigenvalue weighted by molar-refractivity contribution is 0.0687. The SMILES string of the molecule is CN(C)CCOC(c1ccccc1)c1ccc(C(=O)NCCCCCCn2cnc3c(N)nc4ccccc4c32)cc1. The Morgan fingerprint density at radius 1 is 0.929 bits per heavy atom. The minimum atomic E-state index is -0.170. The highest BCUT2D eigenvalue weighted by atomic mass is 16.5. The summed E-state index contributed by atoms with van der Waals surface area (Å²) in [6, 6.07) is 26.0. The molecule has 0 saturated carbocycles. The number of anilines is 1. The minimum Gasteiger partial charge on any atom is -0.382 e. The van der Waals surface area contributed by atoms with Crippen LogP contribution in [0.25, 0.3) is 21.9 Å². The number of rotatable bonds is 14. The molecule has 218 valence electrons. The van der Waals surface area contributed by atoms with Crippen LogP contribution in [-0.2, 0) is 11.3 Å². The van der Waals surface area contributed by atoms with E-state index >= 15 is 0 Å². The maximum atomic E-state index is 12.8. The van der Waals surface area contributed by atoms with Crippen LogP contribution in [-0.4, -0.2) is 59.1 Å². The fourth-order valence-corrected chi connectivity index (χ4v) is 5.22. The first kappa shape index (κ1) is 29.2. The van der Waals surface area contributed by atoms with Gasteiger partial charge in [-0.05, 0) is 56.3 Å². The van der Waals surface area contributed by atoms with Crippen molar-refractivity contribution >= 4 is 33.7 Å². The molecule has 0 aliphatic carbocycles. The van der Waals surface area contributed by atoms with Crippen LogP contribution in [0, 0.1) is 0 Å². The Kier molecular flexibility index (Phi) is 9.79. The van der Waals surface area contributed by atoms with Gasteiger partial charge >= 0.3 is 0 Å². The van der Waals surface area contributed by atoms with Gasteiger partial charge < -0.3 is 25.3 Å². The molecule has 0 saturated heterocycles. The number of aromatic nitrogens is 3. The van der Waals surface area contributed by atoms with Crippen molar-refractivity contribution in [1.29, 1.82) is 0 Å². The molecule has 0 aliphatic heterocycles. The van der Waals surface area contributed by atoms with Crippen molar-refractivity contribution in [1.82, 2.24) is 24.8 Å². The van der Waals surface area contributed by atoms with Gasteiger partial charge in [0.05, 0.1) is 24.0 Å². The maximum absolute atomic E-state index is 12.8. The number of carbonyl (C=O) groups excluding carboxylic acids is 1. The number of fused-ring (bicyclic) bond motifs is 3. The standard InChI is InChI=1S/C34H40N6O2/c1-39(2)22-23-42-32(25-12-6-5-7-13-25)26-16-18-27(19-17-26)34(41)36-20-10-3-4-11-21-40-24-37-30-31(40)28-14-8-9-15-29(28)38-33(30)35/h5-9,12-19,24,32H,3-4,10-11,20-23H2,1-2H3,(H2,35,38)(H,36,41). The Balaban J connectivity index is 1.08. The number of carbonyl (C=O) groups is 1. The van der Waals surface area contributed by atoms with Crippen molar-refractivity contribution in [2.45, 2.75) is 38.3 Å². The quantitative estimate of drug-likeness (QED) is 0.165. The number of nitrogens with one attached hydrogen (secondary N) is 1. The number of aryl methyl sites for hydroxylation is 1. The van der Waals surface area contributed by atoms with Crippen LogP contribution in [0.2, 0.25) is 0 Å². The van der Waals surface area contributed by atoms with Gasteiger partial charge in [-0.3, -0.25) is 4.79 Å². The van der Waals surface area contributed by atoms with Gasteiger partial charge in [0, 0.05) is 30.6 Å². The average Bonchev–Trinajstić information content (AvgIpc) is 3.44. The third-order valence-corrected chi connectivity index (χ3v) is 7.49. The number of hydrogen-bond donors (Lipinski definition) is 2. The monoisotopic (exact) mass is 564 g/mol. The summed E-state index contributed by atoms with van der Waals surface area (Å²) in [5.74, 6) is 0.423. The highest BCUT2D eigenvalue weighted by Crippen LogP contribution is 2.28. The number of nitrogen functional groups attached to an aromatic ring is 1. The molecule has 0 aliphatic rings. The lowest BCUT2D eigenvalue weighted by Gasteiger charge is -2.20. The van der Waals surface area contributed by atoms with E-state index in [1.54, 1.807) is 0 Å². The van der Waals surface area contributed by atoms with Gasteiger partial charge in [0.2, 0.25) is 0 Å². The topological polar surface area (TPSA) is 98.3 Å². The second-order valence-corrected chi connectivity index (χ2v) is 10.9. The Bertz CT molecular complexity index is 1600. The Hall–Kier alpha value is -4.27. The summed E-state index contributed by atoms with van der Waals surface area (Å²) in [6.45, 7) is 2.98. The first-order chi connectivity index (χ1) is 20.5. The van der Waals surface area contributed by atoms with Crippen LogP contribution < -0.4 is 11.1 Å². The summed E-state index contributed by atoms with van der Waals surface area (Å²) in [7, 11) is 4.07. The number of amides is 1. The third-order valence-electron chi connectivity index (χ3n) is 7.49. The van der Waals surface area contributed by atoms with Crippen molar-refractivity contribution in [3.05, 3.63) is 102 Å². The smallest absolute Gasteiger partial charge is 0.251 e. The molecule has 0 spiro atoms. The van der Waals surface area contributed by atoms with Gasteiger partial charge in [0.15, 0.2) is 5.82 Å². The number of nitrogens with zero attached hydrogens (tertiary/aromatic N) is 4. The van der Waals surface area contributed by atoms with E-state index in [0.29, 0.717) is 24.5 Å². The summed E-state index contributed by atoms with van der Waals surface area (Å²) in [5, 5.41) is 4.14. The highest BCUT2D eigenvalue weighted by Gasteiger charge is 2.16. The molecule has 1 amide bonds. The summed E-state index contributed by atoms with van der Waals surface area (Å²) in [5.41, 5.74) is 11.6. The zero-order valence-corrected chi connectivity index (χ0v) is 24.5. The first-order valence-electron chi connectivity index (χ1n) is 14.7. The molecular formula is C34H40N6O2. The Labute approximate surface area is 247 Å². The molecule has 5 rings (SSSR count). The number of imidazole rings is 1. The summed E-state index contributed by atoms with van der Waals surface area (Å²) in [4.78, 5) is 23.9. The molecule has 3 aromatic carbocycles. The highest BCUT2D eigenvalue weighted by molar-refractivity contribution is 6.06. The minimum absolute atomic E-state index is 0.0469. The number of pyridine rings is 1. The van der Waals surface area contributed by atoms with Crippen LogP contribution in [0.15, 0.2) is 85.2 Å². The molecule has 5 aromatic rings. The second-order valence-electron chi connectivity index (χ2n) is 10.9. The van der Waals surface area contributed by atoms with E-state index in [0.717, 1.165) is 71.8 Å². The van der Waals surface area contributed by atoms with Gasteiger partial charge in [0.1, 0.15) is 11.6 Å². The predicted octanol–water partition coefficient (Wildman–Crippen LogP) is 5.82. The zero-order valence-electron chi connectivity index (χ0n) is 24.5. The molecule has 1 atom stereocenters. The fraction of sp³-hybridized carbons (Fsp3) is 0.324. The van der Waals surface area contributed by atoms with Gasteiger partial charge in [-0.15, -0.1) is 0 Å². The number of ether oxygens (including phenoxy) is 1. The molecule has 2 heterocycles. The van der Waals surface area contributed by atoms with E-state index in [1.807, 2.05) is 81.1 Å². The molecule has 8 heteroatoms. The molecule has 0 bridgehead atoms. The summed E-state index contributed by atoms with van der Waals surface area (Å²) < 4.78 is 8.43. The molecule has 0 fully saturated rings. The molecule has 8 nitrogen and oxygen atoms in total.